The molecule has 1 aromatic carbocycles. The van der Waals surface area contributed by atoms with E-state index in [1.54, 1.807) is 11.3 Å². The summed E-state index contributed by atoms with van der Waals surface area (Å²) in [6, 6.07) is 5.79. The van der Waals surface area contributed by atoms with E-state index in [-0.39, 0.29) is 0 Å². The number of benzene rings is 1. The van der Waals surface area contributed by atoms with Crippen molar-refractivity contribution >= 4 is 38.9 Å². The van der Waals surface area contributed by atoms with Crippen LogP contribution in [0.3, 0.4) is 0 Å². The summed E-state index contributed by atoms with van der Waals surface area (Å²) < 4.78 is 0.871. The lowest BCUT2D eigenvalue weighted by Gasteiger charge is -2.00. The van der Waals surface area contributed by atoms with Crippen molar-refractivity contribution in [2.24, 2.45) is 5.73 Å². The Balaban J connectivity index is 2.27. The highest BCUT2D eigenvalue weighted by molar-refractivity contribution is 9.10. The van der Waals surface area contributed by atoms with Gasteiger partial charge in [0.05, 0.1) is 5.02 Å². The third kappa shape index (κ3) is 3.04. The van der Waals surface area contributed by atoms with Crippen LogP contribution in [-0.4, -0.2) is 16.7 Å². The lowest BCUT2D eigenvalue weighted by Crippen LogP contribution is -1.99. The standard InChI is InChI=1S/C11H11BrClN3S/c12-8-4-1-3-7(10(8)13)11-16-15-9(17-11)5-2-6-14/h1,3-4H,2,5-6,14H2. The Morgan fingerprint density at radius 1 is 1.35 bits per heavy atom. The van der Waals surface area contributed by atoms with Gasteiger partial charge in [0, 0.05) is 16.5 Å². The minimum atomic E-state index is 0.673. The van der Waals surface area contributed by atoms with E-state index < -0.39 is 0 Å². The Morgan fingerprint density at radius 2 is 2.18 bits per heavy atom. The number of hydrogen-bond donors (Lipinski definition) is 1. The zero-order valence-corrected chi connectivity index (χ0v) is 12.1. The van der Waals surface area contributed by atoms with Crippen molar-refractivity contribution in [1.82, 2.24) is 10.2 Å². The second-order valence-corrected chi connectivity index (χ2v) is 5.79. The van der Waals surface area contributed by atoms with Crippen LogP contribution >= 0.6 is 38.9 Å². The summed E-state index contributed by atoms with van der Waals surface area (Å²) >= 11 is 11.2. The Labute approximate surface area is 117 Å². The summed E-state index contributed by atoms with van der Waals surface area (Å²) in [7, 11) is 0. The first-order valence-electron chi connectivity index (χ1n) is 5.19. The summed E-state index contributed by atoms with van der Waals surface area (Å²) in [5.74, 6) is 0. The van der Waals surface area contributed by atoms with Gasteiger partial charge in [-0.25, -0.2) is 0 Å². The maximum Gasteiger partial charge on any atom is 0.149 e. The van der Waals surface area contributed by atoms with E-state index in [1.807, 2.05) is 18.2 Å². The number of halogens is 2. The normalized spacial score (nSPS) is 10.8. The fraction of sp³-hybridized carbons (Fsp3) is 0.273. The van der Waals surface area contributed by atoms with Crippen LogP contribution in [0.15, 0.2) is 22.7 Å². The van der Waals surface area contributed by atoms with Gasteiger partial charge in [-0.1, -0.05) is 35.1 Å². The minimum Gasteiger partial charge on any atom is -0.330 e. The fourth-order valence-corrected chi connectivity index (χ4v) is 2.94. The molecule has 0 radical (unpaired) electrons. The van der Waals surface area contributed by atoms with Crippen LogP contribution in [0.4, 0.5) is 0 Å². The molecule has 0 amide bonds. The van der Waals surface area contributed by atoms with Gasteiger partial charge in [-0.15, -0.1) is 10.2 Å². The van der Waals surface area contributed by atoms with Crippen LogP contribution in [0.25, 0.3) is 10.6 Å². The van der Waals surface area contributed by atoms with Gasteiger partial charge in [0.2, 0.25) is 0 Å². The molecule has 0 fully saturated rings. The van der Waals surface area contributed by atoms with Crippen molar-refractivity contribution in [3.8, 4) is 10.6 Å². The molecule has 0 atom stereocenters. The van der Waals surface area contributed by atoms with Crippen LogP contribution in [0, 0.1) is 0 Å². The molecule has 2 N–H and O–H groups in total. The summed E-state index contributed by atoms with van der Waals surface area (Å²) in [4.78, 5) is 0. The molecule has 2 aromatic rings. The van der Waals surface area contributed by atoms with E-state index in [0.717, 1.165) is 32.9 Å². The van der Waals surface area contributed by atoms with E-state index in [2.05, 4.69) is 26.1 Å². The van der Waals surface area contributed by atoms with Crippen molar-refractivity contribution in [2.75, 3.05) is 6.54 Å². The maximum absolute atomic E-state index is 6.21. The monoisotopic (exact) mass is 331 g/mol. The molecule has 1 heterocycles. The lowest BCUT2D eigenvalue weighted by molar-refractivity contribution is 0.812. The van der Waals surface area contributed by atoms with Crippen LogP contribution in [-0.2, 0) is 6.42 Å². The third-order valence-electron chi connectivity index (χ3n) is 2.24. The minimum absolute atomic E-state index is 0.673. The van der Waals surface area contributed by atoms with Crippen molar-refractivity contribution < 1.29 is 0 Å². The van der Waals surface area contributed by atoms with Gasteiger partial charge < -0.3 is 5.73 Å². The Hall–Kier alpha value is -0.490. The van der Waals surface area contributed by atoms with Crippen LogP contribution in [0.2, 0.25) is 5.02 Å². The predicted molar refractivity (Wildman–Crippen MR) is 75.4 cm³/mol. The quantitative estimate of drug-likeness (QED) is 0.932. The maximum atomic E-state index is 6.21. The Morgan fingerprint density at radius 3 is 2.94 bits per heavy atom. The highest BCUT2D eigenvalue weighted by atomic mass is 79.9. The number of nitrogens with two attached hydrogens (primary N) is 1. The van der Waals surface area contributed by atoms with E-state index in [0.29, 0.717) is 11.6 Å². The smallest absolute Gasteiger partial charge is 0.149 e. The number of aryl methyl sites for hydroxylation is 1. The molecule has 17 heavy (non-hydrogen) atoms. The van der Waals surface area contributed by atoms with Gasteiger partial charge in [0.25, 0.3) is 0 Å². The van der Waals surface area contributed by atoms with Gasteiger partial charge in [0.15, 0.2) is 0 Å². The van der Waals surface area contributed by atoms with Crippen LogP contribution in [0.5, 0.6) is 0 Å². The first-order valence-corrected chi connectivity index (χ1v) is 7.18. The molecular formula is C11H11BrClN3S. The highest BCUT2D eigenvalue weighted by Gasteiger charge is 2.11. The predicted octanol–water partition coefficient (Wildman–Crippen LogP) is 3.51. The van der Waals surface area contributed by atoms with E-state index in [4.69, 9.17) is 17.3 Å². The van der Waals surface area contributed by atoms with Crippen molar-refractivity contribution in [3.63, 3.8) is 0 Å². The molecule has 3 nitrogen and oxygen atoms in total. The van der Waals surface area contributed by atoms with Crippen molar-refractivity contribution in [3.05, 3.63) is 32.7 Å². The molecule has 0 saturated heterocycles. The van der Waals surface area contributed by atoms with Crippen molar-refractivity contribution in [2.45, 2.75) is 12.8 Å². The highest BCUT2D eigenvalue weighted by Crippen LogP contribution is 2.35. The first-order chi connectivity index (χ1) is 8.22. The average molecular weight is 333 g/mol. The van der Waals surface area contributed by atoms with Gasteiger partial charge in [-0.05, 0) is 35.0 Å². The SMILES string of the molecule is NCCCc1nnc(-c2cccc(Br)c2Cl)s1. The molecule has 6 heteroatoms. The van der Waals surface area contributed by atoms with Gasteiger partial charge >= 0.3 is 0 Å². The molecule has 0 aliphatic carbocycles. The molecule has 1 aromatic heterocycles. The molecule has 0 spiro atoms. The number of nitrogens with zero attached hydrogens (tertiary/aromatic N) is 2. The van der Waals surface area contributed by atoms with E-state index >= 15 is 0 Å². The van der Waals surface area contributed by atoms with Gasteiger partial charge in [0.1, 0.15) is 10.0 Å². The molecular weight excluding hydrogens is 322 g/mol. The van der Waals surface area contributed by atoms with E-state index in [1.165, 1.54) is 0 Å². The molecule has 0 aliphatic rings. The zero-order valence-electron chi connectivity index (χ0n) is 8.99. The Bertz CT molecular complexity index is 515. The summed E-state index contributed by atoms with van der Waals surface area (Å²) in [6.45, 7) is 0.673. The topological polar surface area (TPSA) is 51.8 Å². The molecule has 0 aliphatic heterocycles. The molecule has 0 unspecified atom stereocenters. The number of hydrogen-bond acceptors (Lipinski definition) is 4. The molecule has 2 rings (SSSR count). The number of aromatic nitrogens is 2. The Kier molecular flexibility index (Phi) is 4.50. The first kappa shape index (κ1) is 13.0. The third-order valence-corrected chi connectivity index (χ3v) is 4.56. The van der Waals surface area contributed by atoms with Crippen molar-refractivity contribution in [1.29, 1.82) is 0 Å². The summed E-state index contributed by atoms with van der Waals surface area (Å²) in [5.41, 5.74) is 6.38. The second-order valence-electron chi connectivity index (χ2n) is 3.49. The summed E-state index contributed by atoms with van der Waals surface area (Å²) in [5, 5.41) is 10.8. The van der Waals surface area contributed by atoms with Gasteiger partial charge in [-0.2, -0.15) is 0 Å². The average Bonchev–Trinajstić information content (AvgIpc) is 2.78. The van der Waals surface area contributed by atoms with E-state index in [9.17, 15) is 0 Å². The second kappa shape index (κ2) is 5.91. The van der Waals surface area contributed by atoms with Crippen LogP contribution < -0.4 is 5.73 Å². The zero-order chi connectivity index (χ0) is 12.3. The number of rotatable bonds is 4. The summed E-state index contributed by atoms with van der Waals surface area (Å²) in [6.07, 6.45) is 1.81. The lowest BCUT2D eigenvalue weighted by atomic mass is 10.2. The molecule has 90 valence electrons. The molecule has 0 saturated carbocycles. The molecule has 0 bridgehead atoms. The van der Waals surface area contributed by atoms with Crippen LogP contribution in [0.1, 0.15) is 11.4 Å². The van der Waals surface area contributed by atoms with Gasteiger partial charge in [-0.3, -0.25) is 0 Å². The fourth-order valence-electron chi connectivity index (χ4n) is 1.39. The largest absolute Gasteiger partial charge is 0.330 e.